The minimum atomic E-state index is 0.702. The van der Waals surface area contributed by atoms with Gasteiger partial charge in [0.2, 0.25) is 0 Å². The molecule has 0 fully saturated rings. The van der Waals surface area contributed by atoms with Crippen molar-refractivity contribution in [3.63, 3.8) is 0 Å². The molecular weight excluding hydrogens is 290 g/mol. The van der Waals surface area contributed by atoms with Gasteiger partial charge < -0.3 is 10.6 Å². The van der Waals surface area contributed by atoms with E-state index in [0.717, 1.165) is 22.4 Å². The van der Waals surface area contributed by atoms with Gasteiger partial charge >= 0.3 is 0 Å². The highest BCUT2D eigenvalue weighted by molar-refractivity contribution is 9.10. The predicted octanol–water partition coefficient (Wildman–Crippen LogP) is 3.37. The predicted molar refractivity (Wildman–Crippen MR) is 79.6 cm³/mol. The van der Waals surface area contributed by atoms with Gasteiger partial charge in [-0.1, -0.05) is 28.1 Å². The first-order chi connectivity index (χ1) is 8.56. The van der Waals surface area contributed by atoms with Crippen molar-refractivity contribution in [3.05, 3.63) is 52.1 Å². The van der Waals surface area contributed by atoms with Crippen LogP contribution in [0.1, 0.15) is 11.1 Å². The SMILES string of the molecule is Cc1cc(N)cnc1N(C)Cc1ccc(Br)cc1. The molecule has 0 aliphatic heterocycles. The van der Waals surface area contributed by atoms with Gasteiger partial charge in [-0.25, -0.2) is 4.98 Å². The maximum atomic E-state index is 5.71. The lowest BCUT2D eigenvalue weighted by Crippen LogP contribution is -2.18. The molecule has 94 valence electrons. The van der Waals surface area contributed by atoms with E-state index in [1.165, 1.54) is 5.56 Å². The average Bonchev–Trinajstić information content (AvgIpc) is 2.32. The van der Waals surface area contributed by atoms with Gasteiger partial charge in [0.25, 0.3) is 0 Å². The van der Waals surface area contributed by atoms with Crippen molar-refractivity contribution < 1.29 is 0 Å². The number of anilines is 2. The van der Waals surface area contributed by atoms with Crippen LogP contribution in [0.3, 0.4) is 0 Å². The van der Waals surface area contributed by atoms with Crippen LogP contribution in [0.4, 0.5) is 11.5 Å². The fraction of sp³-hybridized carbons (Fsp3) is 0.214. The molecule has 2 N–H and O–H groups in total. The second-order valence-electron chi connectivity index (χ2n) is 4.39. The number of nitrogens with two attached hydrogens (primary N) is 1. The Labute approximate surface area is 116 Å². The number of nitrogens with zero attached hydrogens (tertiary/aromatic N) is 2. The molecule has 0 amide bonds. The maximum Gasteiger partial charge on any atom is 0.131 e. The van der Waals surface area contributed by atoms with Gasteiger partial charge in [-0.05, 0) is 36.2 Å². The van der Waals surface area contributed by atoms with Crippen LogP contribution in [0.5, 0.6) is 0 Å². The first kappa shape index (κ1) is 12.9. The van der Waals surface area contributed by atoms with Crippen LogP contribution in [0.15, 0.2) is 41.0 Å². The first-order valence-electron chi connectivity index (χ1n) is 5.74. The zero-order chi connectivity index (χ0) is 13.1. The number of hydrogen-bond donors (Lipinski definition) is 1. The Kier molecular flexibility index (Phi) is 3.87. The van der Waals surface area contributed by atoms with E-state index >= 15 is 0 Å². The molecule has 0 saturated heterocycles. The second kappa shape index (κ2) is 5.40. The van der Waals surface area contributed by atoms with Crippen LogP contribution < -0.4 is 10.6 Å². The highest BCUT2D eigenvalue weighted by atomic mass is 79.9. The molecule has 0 aliphatic carbocycles. The minimum Gasteiger partial charge on any atom is -0.397 e. The lowest BCUT2D eigenvalue weighted by Gasteiger charge is -2.20. The zero-order valence-corrected chi connectivity index (χ0v) is 12.1. The summed E-state index contributed by atoms with van der Waals surface area (Å²) in [6.07, 6.45) is 1.69. The van der Waals surface area contributed by atoms with Gasteiger partial charge in [0.05, 0.1) is 11.9 Å². The number of nitrogen functional groups attached to an aromatic ring is 1. The Hall–Kier alpha value is -1.55. The molecule has 1 heterocycles. The van der Waals surface area contributed by atoms with Crippen LogP contribution in [-0.4, -0.2) is 12.0 Å². The summed E-state index contributed by atoms with van der Waals surface area (Å²) in [5.74, 6) is 0.965. The number of halogens is 1. The Morgan fingerprint density at radius 1 is 1.28 bits per heavy atom. The second-order valence-corrected chi connectivity index (χ2v) is 5.31. The van der Waals surface area contributed by atoms with Gasteiger partial charge in [0.1, 0.15) is 5.82 Å². The van der Waals surface area contributed by atoms with Crippen molar-refractivity contribution in [1.29, 1.82) is 0 Å². The standard InChI is InChI=1S/C14H16BrN3/c1-10-7-13(16)8-17-14(10)18(2)9-11-3-5-12(15)6-4-11/h3-8H,9,16H2,1-2H3. The Morgan fingerprint density at radius 2 is 1.94 bits per heavy atom. The minimum absolute atomic E-state index is 0.702. The first-order valence-corrected chi connectivity index (χ1v) is 6.53. The lowest BCUT2D eigenvalue weighted by molar-refractivity contribution is 0.891. The number of aryl methyl sites for hydroxylation is 1. The molecule has 18 heavy (non-hydrogen) atoms. The van der Waals surface area contributed by atoms with E-state index in [1.807, 2.05) is 32.2 Å². The molecule has 0 bridgehead atoms. The smallest absolute Gasteiger partial charge is 0.131 e. The van der Waals surface area contributed by atoms with Crippen molar-refractivity contribution >= 4 is 27.4 Å². The van der Waals surface area contributed by atoms with E-state index in [1.54, 1.807) is 6.20 Å². The molecule has 0 unspecified atom stereocenters. The third kappa shape index (κ3) is 3.01. The van der Waals surface area contributed by atoms with Gasteiger partial charge in [0.15, 0.2) is 0 Å². The van der Waals surface area contributed by atoms with Crippen molar-refractivity contribution in [3.8, 4) is 0 Å². The summed E-state index contributed by atoms with van der Waals surface area (Å²) in [5.41, 5.74) is 8.75. The molecule has 0 aliphatic rings. The summed E-state index contributed by atoms with van der Waals surface area (Å²) >= 11 is 3.44. The van der Waals surface area contributed by atoms with Crippen LogP contribution in [0.25, 0.3) is 0 Å². The van der Waals surface area contributed by atoms with Gasteiger partial charge in [-0.2, -0.15) is 0 Å². The summed E-state index contributed by atoms with van der Waals surface area (Å²) in [7, 11) is 2.04. The number of rotatable bonds is 3. The van der Waals surface area contributed by atoms with Gasteiger partial charge in [-0.15, -0.1) is 0 Å². The van der Waals surface area contributed by atoms with Crippen molar-refractivity contribution in [2.75, 3.05) is 17.7 Å². The van der Waals surface area contributed by atoms with E-state index < -0.39 is 0 Å². The lowest BCUT2D eigenvalue weighted by atomic mass is 10.2. The van der Waals surface area contributed by atoms with E-state index in [0.29, 0.717) is 5.69 Å². The van der Waals surface area contributed by atoms with Crippen LogP contribution in [0.2, 0.25) is 0 Å². The van der Waals surface area contributed by atoms with Gasteiger partial charge in [-0.3, -0.25) is 0 Å². The fourth-order valence-corrected chi connectivity index (χ4v) is 2.19. The van der Waals surface area contributed by atoms with Crippen LogP contribution >= 0.6 is 15.9 Å². The molecule has 0 atom stereocenters. The van der Waals surface area contributed by atoms with E-state index in [2.05, 4.69) is 37.9 Å². The van der Waals surface area contributed by atoms with Crippen molar-refractivity contribution in [1.82, 2.24) is 4.98 Å². The van der Waals surface area contributed by atoms with Crippen molar-refractivity contribution in [2.24, 2.45) is 0 Å². The number of hydrogen-bond acceptors (Lipinski definition) is 3. The molecule has 0 saturated carbocycles. The number of pyridine rings is 1. The quantitative estimate of drug-likeness (QED) is 0.945. The average molecular weight is 306 g/mol. The zero-order valence-electron chi connectivity index (χ0n) is 10.5. The third-order valence-electron chi connectivity index (χ3n) is 2.77. The number of aromatic nitrogens is 1. The topological polar surface area (TPSA) is 42.1 Å². The van der Waals surface area contributed by atoms with Gasteiger partial charge in [0, 0.05) is 18.1 Å². The van der Waals surface area contributed by atoms with E-state index in [-0.39, 0.29) is 0 Å². The largest absolute Gasteiger partial charge is 0.397 e. The Morgan fingerprint density at radius 3 is 2.56 bits per heavy atom. The molecular formula is C14H16BrN3. The molecule has 4 heteroatoms. The van der Waals surface area contributed by atoms with Crippen LogP contribution in [0, 0.1) is 6.92 Å². The fourth-order valence-electron chi connectivity index (χ4n) is 1.93. The highest BCUT2D eigenvalue weighted by Gasteiger charge is 2.07. The molecule has 1 aromatic heterocycles. The van der Waals surface area contributed by atoms with Crippen LogP contribution in [-0.2, 0) is 6.54 Å². The Bertz CT molecular complexity index is 537. The summed E-state index contributed by atoms with van der Waals surface area (Å²) in [6.45, 7) is 2.85. The Balaban J connectivity index is 2.16. The summed E-state index contributed by atoms with van der Waals surface area (Å²) < 4.78 is 1.09. The van der Waals surface area contributed by atoms with E-state index in [4.69, 9.17) is 5.73 Å². The third-order valence-corrected chi connectivity index (χ3v) is 3.30. The highest BCUT2D eigenvalue weighted by Crippen LogP contribution is 2.20. The molecule has 3 nitrogen and oxygen atoms in total. The molecule has 2 aromatic rings. The molecule has 1 aromatic carbocycles. The molecule has 0 radical (unpaired) electrons. The normalized spacial score (nSPS) is 10.4. The maximum absolute atomic E-state index is 5.71. The number of benzene rings is 1. The monoisotopic (exact) mass is 305 g/mol. The van der Waals surface area contributed by atoms with Crippen molar-refractivity contribution in [2.45, 2.75) is 13.5 Å². The molecule has 2 rings (SSSR count). The van der Waals surface area contributed by atoms with E-state index in [9.17, 15) is 0 Å². The summed E-state index contributed by atoms with van der Waals surface area (Å²) in [5, 5.41) is 0. The molecule has 0 spiro atoms. The summed E-state index contributed by atoms with van der Waals surface area (Å²) in [6, 6.07) is 10.2. The summed E-state index contributed by atoms with van der Waals surface area (Å²) in [4.78, 5) is 6.51.